The summed E-state index contributed by atoms with van der Waals surface area (Å²) in [5.74, 6) is 0.0814. The van der Waals surface area contributed by atoms with Crippen molar-refractivity contribution in [1.29, 1.82) is 0 Å². The summed E-state index contributed by atoms with van der Waals surface area (Å²) in [5.41, 5.74) is -0.290. The highest BCUT2D eigenvalue weighted by molar-refractivity contribution is 6.33. The first-order chi connectivity index (χ1) is 11.9. The van der Waals surface area contributed by atoms with Gasteiger partial charge in [-0.2, -0.15) is 0 Å². The number of hydrogen-bond acceptors (Lipinski definition) is 5. The Morgan fingerprint density at radius 2 is 2.12 bits per heavy atom. The maximum Gasteiger partial charge on any atom is 0.313 e. The van der Waals surface area contributed by atoms with E-state index in [9.17, 15) is 15.0 Å². The minimum Gasteiger partial charge on any atom is -0.493 e. The Bertz CT molecular complexity index is 624. The van der Waals surface area contributed by atoms with Crippen molar-refractivity contribution in [3.63, 3.8) is 0 Å². The summed E-state index contributed by atoms with van der Waals surface area (Å²) in [6.07, 6.45) is 0.743. The van der Waals surface area contributed by atoms with Gasteiger partial charge in [-0.25, -0.2) is 0 Å². The number of aliphatic hydroxyl groups is 1. The molecule has 2 rings (SSSR count). The zero-order valence-corrected chi connectivity index (χ0v) is 15.7. The van der Waals surface area contributed by atoms with E-state index in [1.165, 1.54) is 7.11 Å². The van der Waals surface area contributed by atoms with Crippen molar-refractivity contribution in [1.82, 2.24) is 4.90 Å². The Hall–Kier alpha value is -1.50. The van der Waals surface area contributed by atoms with Gasteiger partial charge in [0.15, 0.2) is 11.5 Å². The number of carboxylic acid groups (broad SMARTS) is 1. The molecule has 0 saturated carbocycles. The van der Waals surface area contributed by atoms with Crippen LogP contribution in [0.1, 0.15) is 31.7 Å². The van der Waals surface area contributed by atoms with Crippen LogP contribution in [0.2, 0.25) is 5.02 Å². The van der Waals surface area contributed by atoms with Crippen LogP contribution in [-0.4, -0.2) is 54.5 Å². The molecule has 0 radical (unpaired) electrons. The molecule has 1 aromatic rings. The summed E-state index contributed by atoms with van der Waals surface area (Å²) in [6.45, 7) is 3.33. The lowest BCUT2D eigenvalue weighted by molar-refractivity contribution is -0.164. The van der Waals surface area contributed by atoms with Gasteiger partial charge in [-0.15, -0.1) is 0 Å². The predicted molar refractivity (Wildman–Crippen MR) is 95.4 cm³/mol. The number of carboxylic acids is 1. The zero-order valence-electron chi connectivity index (χ0n) is 14.9. The number of rotatable bonds is 7. The summed E-state index contributed by atoms with van der Waals surface area (Å²) < 4.78 is 10.6. The number of hydrogen-bond donors (Lipinski definition) is 2. The molecule has 1 heterocycles. The van der Waals surface area contributed by atoms with Gasteiger partial charge in [0.2, 0.25) is 0 Å². The summed E-state index contributed by atoms with van der Waals surface area (Å²) in [5, 5.41) is 20.5. The first kappa shape index (κ1) is 19.8. The second-order valence-electron chi connectivity index (χ2n) is 6.50. The van der Waals surface area contributed by atoms with E-state index in [0.717, 1.165) is 5.56 Å². The van der Waals surface area contributed by atoms with E-state index in [4.69, 9.17) is 21.1 Å². The van der Waals surface area contributed by atoms with Crippen LogP contribution in [-0.2, 0) is 11.3 Å². The third kappa shape index (κ3) is 3.86. The zero-order chi connectivity index (χ0) is 18.6. The number of carbonyl (C=O) groups is 1. The molecule has 1 saturated heterocycles. The van der Waals surface area contributed by atoms with Crippen LogP contribution in [0.25, 0.3) is 0 Å². The molecule has 1 fully saturated rings. The fourth-order valence-corrected chi connectivity index (χ4v) is 3.89. The van der Waals surface area contributed by atoms with E-state index in [0.29, 0.717) is 55.4 Å². The van der Waals surface area contributed by atoms with Gasteiger partial charge >= 0.3 is 5.97 Å². The molecule has 0 spiro atoms. The van der Waals surface area contributed by atoms with Crippen LogP contribution >= 0.6 is 11.6 Å². The van der Waals surface area contributed by atoms with Crippen molar-refractivity contribution in [2.45, 2.75) is 38.8 Å². The number of aliphatic hydroxyl groups excluding tert-OH is 1. The Kier molecular flexibility index (Phi) is 6.54. The predicted octanol–water partition coefficient (Wildman–Crippen LogP) is 2.79. The second-order valence-corrected chi connectivity index (χ2v) is 6.88. The fourth-order valence-electron chi connectivity index (χ4n) is 3.60. The molecule has 0 unspecified atom stereocenters. The van der Waals surface area contributed by atoms with Crippen LogP contribution < -0.4 is 9.47 Å². The summed E-state index contributed by atoms with van der Waals surface area (Å²) >= 11 is 6.44. The molecule has 7 heteroatoms. The largest absolute Gasteiger partial charge is 0.493 e. The lowest BCUT2D eigenvalue weighted by Crippen LogP contribution is -2.55. The Labute approximate surface area is 153 Å². The number of likely N-dealkylation sites (tertiary alicyclic amines) is 1. The van der Waals surface area contributed by atoms with Gasteiger partial charge in [0.05, 0.1) is 25.3 Å². The van der Waals surface area contributed by atoms with E-state index in [1.54, 1.807) is 13.2 Å². The van der Waals surface area contributed by atoms with Gasteiger partial charge in [0.25, 0.3) is 0 Å². The first-order valence-electron chi connectivity index (χ1n) is 8.42. The average Bonchev–Trinajstić information content (AvgIpc) is 2.59. The molecular formula is C18H26ClNO5. The van der Waals surface area contributed by atoms with Crippen LogP contribution in [0.4, 0.5) is 0 Å². The van der Waals surface area contributed by atoms with E-state index < -0.39 is 17.5 Å². The standard InChI is InChI=1S/C18H26ClNO5/c1-4-8-18(17(22)23)11-20(9-7-14(18)21)10-12-5-6-13(24-2)16(25-3)15(12)19/h5-6,14,21H,4,7-11H2,1-3H3,(H,22,23)/t14-,18-/m1/s1. The Balaban J connectivity index is 2.25. The molecule has 2 atom stereocenters. The number of ether oxygens (including phenoxy) is 2. The maximum atomic E-state index is 11.9. The number of benzene rings is 1. The van der Waals surface area contributed by atoms with Crippen molar-refractivity contribution in [3.8, 4) is 11.5 Å². The summed E-state index contributed by atoms with van der Waals surface area (Å²) in [6, 6.07) is 3.65. The first-order valence-corrected chi connectivity index (χ1v) is 8.80. The number of methoxy groups -OCH3 is 2. The van der Waals surface area contributed by atoms with Crippen molar-refractivity contribution in [2.24, 2.45) is 5.41 Å². The van der Waals surface area contributed by atoms with Gasteiger partial charge in [0.1, 0.15) is 5.41 Å². The Morgan fingerprint density at radius 1 is 1.40 bits per heavy atom. The van der Waals surface area contributed by atoms with Crippen LogP contribution in [0.15, 0.2) is 12.1 Å². The van der Waals surface area contributed by atoms with E-state index in [2.05, 4.69) is 0 Å². The molecule has 1 aliphatic rings. The van der Waals surface area contributed by atoms with E-state index in [1.807, 2.05) is 17.9 Å². The van der Waals surface area contributed by atoms with Gasteiger partial charge in [0, 0.05) is 19.6 Å². The lowest BCUT2D eigenvalue weighted by atomic mass is 9.74. The number of piperidine rings is 1. The fraction of sp³-hybridized carbons (Fsp3) is 0.611. The van der Waals surface area contributed by atoms with Gasteiger partial charge in [-0.3, -0.25) is 9.69 Å². The van der Waals surface area contributed by atoms with Crippen molar-refractivity contribution < 1.29 is 24.5 Å². The minimum absolute atomic E-state index is 0.294. The molecule has 1 aliphatic heterocycles. The van der Waals surface area contributed by atoms with Crippen LogP contribution in [0.5, 0.6) is 11.5 Å². The molecule has 140 valence electrons. The highest BCUT2D eigenvalue weighted by Gasteiger charge is 2.48. The lowest BCUT2D eigenvalue weighted by Gasteiger charge is -2.43. The highest BCUT2D eigenvalue weighted by atomic mass is 35.5. The third-order valence-electron chi connectivity index (χ3n) is 4.94. The SMILES string of the molecule is CCC[C@@]1(C(=O)O)CN(Cc2ccc(OC)c(OC)c2Cl)CC[C@H]1O. The Morgan fingerprint density at radius 3 is 2.68 bits per heavy atom. The van der Waals surface area contributed by atoms with Gasteiger partial charge in [-0.05, 0) is 24.5 Å². The smallest absolute Gasteiger partial charge is 0.313 e. The van der Waals surface area contributed by atoms with Gasteiger partial charge < -0.3 is 19.7 Å². The number of nitrogens with zero attached hydrogens (tertiary/aromatic N) is 1. The molecule has 2 N–H and O–H groups in total. The minimum atomic E-state index is -1.13. The molecule has 25 heavy (non-hydrogen) atoms. The molecule has 1 aromatic carbocycles. The topological polar surface area (TPSA) is 79.2 Å². The maximum absolute atomic E-state index is 11.9. The summed E-state index contributed by atoms with van der Waals surface area (Å²) in [7, 11) is 3.08. The van der Waals surface area contributed by atoms with E-state index in [-0.39, 0.29) is 0 Å². The number of aliphatic carboxylic acids is 1. The molecular weight excluding hydrogens is 346 g/mol. The molecule has 0 aliphatic carbocycles. The quantitative estimate of drug-likeness (QED) is 0.767. The highest BCUT2D eigenvalue weighted by Crippen LogP contribution is 2.40. The normalized spacial score (nSPS) is 24.1. The number of halogens is 1. The molecule has 0 aromatic heterocycles. The van der Waals surface area contributed by atoms with Crippen molar-refractivity contribution in [3.05, 3.63) is 22.7 Å². The van der Waals surface area contributed by atoms with Gasteiger partial charge in [-0.1, -0.05) is 31.0 Å². The summed E-state index contributed by atoms with van der Waals surface area (Å²) in [4.78, 5) is 13.9. The monoisotopic (exact) mass is 371 g/mol. The molecule has 0 bridgehead atoms. The second kappa shape index (κ2) is 8.25. The average molecular weight is 372 g/mol. The third-order valence-corrected chi connectivity index (χ3v) is 5.36. The van der Waals surface area contributed by atoms with Crippen LogP contribution in [0, 0.1) is 5.41 Å². The van der Waals surface area contributed by atoms with Crippen LogP contribution in [0.3, 0.4) is 0 Å². The van der Waals surface area contributed by atoms with E-state index >= 15 is 0 Å². The van der Waals surface area contributed by atoms with Crippen molar-refractivity contribution >= 4 is 17.6 Å². The van der Waals surface area contributed by atoms with Crippen molar-refractivity contribution in [2.75, 3.05) is 27.3 Å². The molecule has 6 nitrogen and oxygen atoms in total. The molecule has 0 amide bonds.